The third kappa shape index (κ3) is 2.05. The van der Waals surface area contributed by atoms with Crippen molar-refractivity contribution in [2.75, 3.05) is 13.2 Å². The second-order valence-electron chi connectivity index (χ2n) is 3.05. The van der Waals surface area contributed by atoms with Crippen molar-refractivity contribution in [2.24, 2.45) is 5.73 Å². The first kappa shape index (κ1) is 9.48. The molecule has 0 amide bonds. The highest BCUT2D eigenvalue weighted by molar-refractivity contribution is 8.00. The van der Waals surface area contributed by atoms with Crippen LogP contribution in [0.2, 0.25) is 0 Å². The molecule has 0 saturated carbocycles. The van der Waals surface area contributed by atoms with E-state index in [1.807, 2.05) is 12.1 Å². The van der Waals surface area contributed by atoms with Crippen LogP contribution < -0.4 is 5.73 Å². The van der Waals surface area contributed by atoms with Crippen LogP contribution in [0.4, 0.5) is 0 Å². The van der Waals surface area contributed by atoms with E-state index in [-0.39, 0.29) is 5.84 Å². The first-order valence-corrected chi connectivity index (χ1v) is 5.19. The maximum atomic E-state index is 7.25. The third-order valence-corrected chi connectivity index (χ3v) is 2.97. The first-order chi connectivity index (χ1) is 6.75. The fourth-order valence-electron chi connectivity index (χ4n) is 1.08. The SMILES string of the molecule is N=C(N)c1cccc(SC2COC2)n1. The maximum Gasteiger partial charge on any atom is 0.141 e. The molecule has 4 nitrogen and oxygen atoms in total. The molecule has 2 heterocycles. The molecule has 5 heteroatoms. The zero-order valence-corrected chi connectivity index (χ0v) is 8.38. The summed E-state index contributed by atoms with van der Waals surface area (Å²) in [7, 11) is 0. The molecule has 1 aliphatic rings. The van der Waals surface area contributed by atoms with Gasteiger partial charge in [-0.05, 0) is 12.1 Å². The van der Waals surface area contributed by atoms with Crippen molar-refractivity contribution >= 4 is 17.6 Å². The largest absolute Gasteiger partial charge is 0.382 e. The van der Waals surface area contributed by atoms with Gasteiger partial charge in [0.15, 0.2) is 0 Å². The summed E-state index contributed by atoms with van der Waals surface area (Å²) in [6.07, 6.45) is 0. The molecule has 2 rings (SSSR count). The second-order valence-corrected chi connectivity index (χ2v) is 4.37. The molecule has 14 heavy (non-hydrogen) atoms. The molecule has 0 bridgehead atoms. The van der Waals surface area contributed by atoms with Crippen molar-refractivity contribution in [3.8, 4) is 0 Å². The van der Waals surface area contributed by atoms with Gasteiger partial charge in [0.2, 0.25) is 0 Å². The minimum absolute atomic E-state index is 0.0114. The lowest BCUT2D eigenvalue weighted by Crippen LogP contribution is -2.30. The van der Waals surface area contributed by atoms with E-state index in [1.54, 1.807) is 17.8 Å². The predicted octanol–water partition coefficient (Wildman–Crippen LogP) is 0.857. The van der Waals surface area contributed by atoms with Gasteiger partial charge < -0.3 is 10.5 Å². The zero-order chi connectivity index (χ0) is 9.97. The number of thioether (sulfide) groups is 1. The average Bonchev–Trinajstić information content (AvgIpc) is 2.12. The molecular formula is C9H11N3OS. The number of aromatic nitrogens is 1. The Morgan fingerprint density at radius 1 is 1.57 bits per heavy atom. The van der Waals surface area contributed by atoms with Gasteiger partial charge in [-0.3, -0.25) is 5.41 Å². The number of hydrogen-bond donors (Lipinski definition) is 2. The van der Waals surface area contributed by atoms with Gasteiger partial charge in [0.05, 0.1) is 23.5 Å². The van der Waals surface area contributed by atoms with E-state index in [0.29, 0.717) is 10.9 Å². The second kappa shape index (κ2) is 3.98. The lowest BCUT2D eigenvalue weighted by Gasteiger charge is -2.24. The molecule has 74 valence electrons. The van der Waals surface area contributed by atoms with Gasteiger partial charge in [0.25, 0.3) is 0 Å². The summed E-state index contributed by atoms with van der Waals surface area (Å²) in [6.45, 7) is 1.58. The van der Waals surface area contributed by atoms with E-state index in [2.05, 4.69) is 4.98 Å². The molecule has 3 N–H and O–H groups in total. The number of nitrogen functional groups attached to an aromatic ring is 1. The molecule has 0 aliphatic carbocycles. The fraction of sp³-hybridized carbons (Fsp3) is 0.333. The van der Waals surface area contributed by atoms with E-state index in [1.165, 1.54) is 0 Å². The Labute approximate surface area is 86.4 Å². The van der Waals surface area contributed by atoms with Crippen LogP contribution in [0.25, 0.3) is 0 Å². The van der Waals surface area contributed by atoms with Crippen molar-refractivity contribution < 1.29 is 4.74 Å². The third-order valence-electron chi connectivity index (χ3n) is 1.89. The van der Waals surface area contributed by atoms with Gasteiger partial charge in [-0.25, -0.2) is 4.98 Å². The number of nitrogens with zero attached hydrogens (tertiary/aromatic N) is 1. The molecule has 1 fully saturated rings. The summed E-state index contributed by atoms with van der Waals surface area (Å²) >= 11 is 1.67. The lowest BCUT2D eigenvalue weighted by atomic mass is 10.3. The highest BCUT2D eigenvalue weighted by Crippen LogP contribution is 2.26. The number of nitrogens with one attached hydrogen (secondary N) is 1. The summed E-state index contributed by atoms with van der Waals surface area (Å²) < 4.78 is 5.07. The Morgan fingerprint density at radius 2 is 2.36 bits per heavy atom. The van der Waals surface area contributed by atoms with E-state index in [4.69, 9.17) is 15.9 Å². The number of pyridine rings is 1. The topological polar surface area (TPSA) is 72.0 Å². The van der Waals surface area contributed by atoms with E-state index in [0.717, 1.165) is 18.2 Å². The lowest BCUT2D eigenvalue weighted by molar-refractivity contribution is 0.0454. The minimum atomic E-state index is 0.0114. The van der Waals surface area contributed by atoms with E-state index in [9.17, 15) is 0 Å². The molecule has 1 saturated heterocycles. The van der Waals surface area contributed by atoms with Gasteiger partial charge in [-0.1, -0.05) is 17.8 Å². The molecule has 0 unspecified atom stereocenters. The van der Waals surface area contributed by atoms with Crippen LogP contribution in [0.1, 0.15) is 5.69 Å². The van der Waals surface area contributed by atoms with Crippen LogP contribution >= 0.6 is 11.8 Å². The monoisotopic (exact) mass is 209 g/mol. The zero-order valence-electron chi connectivity index (χ0n) is 7.56. The Hall–Kier alpha value is -1.07. The van der Waals surface area contributed by atoms with Gasteiger partial charge in [-0.15, -0.1) is 0 Å². The number of rotatable bonds is 3. The molecule has 0 spiro atoms. The summed E-state index contributed by atoms with van der Waals surface area (Å²) in [4.78, 5) is 4.25. The highest BCUT2D eigenvalue weighted by atomic mass is 32.2. The molecule has 1 aromatic heterocycles. The predicted molar refractivity (Wildman–Crippen MR) is 55.7 cm³/mol. The van der Waals surface area contributed by atoms with Crippen LogP contribution in [0, 0.1) is 5.41 Å². The minimum Gasteiger partial charge on any atom is -0.382 e. The summed E-state index contributed by atoms with van der Waals surface area (Å²) in [6, 6.07) is 5.53. The normalized spacial score (nSPS) is 16.3. The van der Waals surface area contributed by atoms with Crippen LogP contribution in [-0.4, -0.2) is 29.3 Å². The van der Waals surface area contributed by atoms with E-state index >= 15 is 0 Å². The van der Waals surface area contributed by atoms with Gasteiger partial charge in [0.1, 0.15) is 11.5 Å². The van der Waals surface area contributed by atoms with Crippen molar-refractivity contribution in [1.82, 2.24) is 4.98 Å². The Bertz CT molecular complexity index is 352. The number of amidine groups is 1. The van der Waals surface area contributed by atoms with Crippen LogP contribution in [-0.2, 0) is 4.74 Å². The quantitative estimate of drug-likeness (QED) is 0.572. The molecule has 0 atom stereocenters. The number of nitrogens with two attached hydrogens (primary N) is 1. The molecular weight excluding hydrogens is 198 g/mol. The molecule has 0 radical (unpaired) electrons. The Kier molecular flexibility index (Phi) is 2.69. The fourth-order valence-corrected chi connectivity index (χ4v) is 2.06. The number of hydrogen-bond acceptors (Lipinski definition) is 4. The van der Waals surface area contributed by atoms with Crippen LogP contribution in [0.5, 0.6) is 0 Å². The summed E-state index contributed by atoms with van der Waals surface area (Å²) in [5.41, 5.74) is 5.88. The Balaban J connectivity index is 2.09. The van der Waals surface area contributed by atoms with Crippen molar-refractivity contribution in [2.45, 2.75) is 10.3 Å². The van der Waals surface area contributed by atoms with Crippen molar-refractivity contribution in [1.29, 1.82) is 5.41 Å². The highest BCUT2D eigenvalue weighted by Gasteiger charge is 2.20. The van der Waals surface area contributed by atoms with Gasteiger partial charge >= 0.3 is 0 Å². The maximum absolute atomic E-state index is 7.25. The summed E-state index contributed by atoms with van der Waals surface area (Å²) in [5, 5.41) is 8.67. The smallest absolute Gasteiger partial charge is 0.141 e. The van der Waals surface area contributed by atoms with Crippen molar-refractivity contribution in [3.05, 3.63) is 23.9 Å². The van der Waals surface area contributed by atoms with Gasteiger partial charge in [-0.2, -0.15) is 0 Å². The van der Waals surface area contributed by atoms with Crippen molar-refractivity contribution in [3.63, 3.8) is 0 Å². The number of ether oxygens (including phenoxy) is 1. The molecule has 1 aromatic rings. The molecule has 0 aromatic carbocycles. The summed E-state index contributed by atoms with van der Waals surface area (Å²) in [5.74, 6) is 0.0114. The van der Waals surface area contributed by atoms with Crippen LogP contribution in [0.3, 0.4) is 0 Å². The van der Waals surface area contributed by atoms with Crippen LogP contribution in [0.15, 0.2) is 23.2 Å². The molecule has 1 aliphatic heterocycles. The van der Waals surface area contributed by atoms with E-state index < -0.39 is 0 Å². The standard InChI is InChI=1S/C9H11N3OS/c10-9(11)7-2-1-3-8(12-7)14-6-4-13-5-6/h1-3,6H,4-5H2,(H3,10,11). The Morgan fingerprint density at radius 3 is 2.93 bits per heavy atom. The average molecular weight is 209 g/mol. The van der Waals surface area contributed by atoms with Gasteiger partial charge in [0, 0.05) is 0 Å². The first-order valence-electron chi connectivity index (χ1n) is 4.31.